The lowest BCUT2D eigenvalue weighted by Crippen LogP contribution is -2.36. The molecule has 1 aromatic carbocycles. The molecule has 0 saturated heterocycles. The van der Waals surface area contributed by atoms with E-state index in [1.807, 2.05) is 0 Å². The van der Waals surface area contributed by atoms with Crippen molar-refractivity contribution in [2.75, 3.05) is 5.73 Å². The Labute approximate surface area is 127 Å². The maximum Gasteiger partial charge on any atom is 0.264 e. The molecule has 0 radical (unpaired) electrons. The molecule has 108 valence electrons. The maximum atomic E-state index is 13.0. The minimum Gasteiger partial charge on any atom is -0.398 e. The summed E-state index contributed by atoms with van der Waals surface area (Å²) in [6.45, 7) is 1.38. The number of anilines is 1. The van der Waals surface area contributed by atoms with Crippen molar-refractivity contribution in [3.05, 3.63) is 34.4 Å². The molecule has 0 spiro atoms. The molecular formula is C15H15N3O3. The summed E-state index contributed by atoms with van der Waals surface area (Å²) in [6.07, 6.45) is -6.74. The van der Waals surface area contributed by atoms with Crippen molar-refractivity contribution in [2.24, 2.45) is 0 Å². The van der Waals surface area contributed by atoms with E-state index in [1.54, 1.807) is 0 Å². The molecule has 1 heterocycles. The number of nitrogens with zero attached hydrogens (tertiary/aromatic N) is 2. The zero-order chi connectivity index (χ0) is 19.6. The number of benzene rings is 1. The number of carbonyl (C=O) groups is 2. The summed E-state index contributed by atoms with van der Waals surface area (Å²) in [4.78, 5) is 41.4. The molecule has 1 atom stereocenters. The molecule has 0 amide bonds. The molecule has 1 fully saturated rings. The van der Waals surface area contributed by atoms with Crippen LogP contribution in [0.5, 0.6) is 0 Å². The average Bonchev–Trinajstić information content (AvgIpc) is 2.52. The standard InChI is InChI=1S/C15H15N3O3/c1-8-17-11-4-2-3-10(16)14(11)15(21)18(8)12-6-5-9(19)7-13(12)20/h2-4,12H,5-7,16H2,1H3/i3D,5D2,6D2. The SMILES string of the molecule is [2H]c1ccc2nc(C)n(C3C(=O)CC(=O)C([2H])([2H])C3([2H])[2H])c(=O)c2c1N. The quantitative estimate of drug-likeness (QED) is 0.628. The number of rotatable bonds is 1. The molecule has 21 heavy (non-hydrogen) atoms. The molecule has 0 bridgehead atoms. The zero-order valence-corrected chi connectivity index (χ0v) is 11.1. The Balaban J connectivity index is 2.38. The van der Waals surface area contributed by atoms with E-state index in [1.165, 1.54) is 19.1 Å². The van der Waals surface area contributed by atoms with Gasteiger partial charge in [0.15, 0.2) is 5.78 Å². The number of hydrogen-bond donors (Lipinski definition) is 1. The summed E-state index contributed by atoms with van der Waals surface area (Å²) in [6, 6.07) is 0.770. The Morgan fingerprint density at radius 3 is 3.00 bits per heavy atom. The zero-order valence-electron chi connectivity index (χ0n) is 16.1. The van der Waals surface area contributed by atoms with Crippen LogP contribution in [0.4, 0.5) is 5.69 Å². The van der Waals surface area contributed by atoms with Crippen molar-refractivity contribution in [3.63, 3.8) is 0 Å². The van der Waals surface area contributed by atoms with Crippen LogP contribution in [0.1, 0.15) is 37.9 Å². The summed E-state index contributed by atoms with van der Waals surface area (Å²) in [5.41, 5.74) is 4.95. The van der Waals surface area contributed by atoms with Gasteiger partial charge >= 0.3 is 0 Å². The number of carbonyl (C=O) groups excluding carboxylic acids is 2. The van der Waals surface area contributed by atoms with E-state index in [9.17, 15) is 14.4 Å². The van der Waals surface area contributed by atoms with Gasteiger partial charge in [0.1, 0.15) is 11.6 Å². The monoisotopic (exact) mass is 290 g/mol. The third-order valence-electron chi connectivity index (χ3n) is 3.32. The first kappa shape index (κ1) is 8.71. The molecule has 2 aromatic rings. The number of aryl methyl sites for hydroxylation is 1. The van der Waals surface area contributed by atoms with Gasteiger partial charge in [0, 0.05) is 17.5 Å². The highest BCUT2D eigenvalue weighted by Gasteiger charge is 2.30. The lowest BCUT2D eigenvalue weighted by atomic mass is 9.92. The molecule has 0 aliphatic heterocycles. The van der Waals surface area contributed by atoms with Crippen molar-refractivity contribution < 1.29 is 16.4 Å². The van der Waals surface area contributed by atoms with E-state index >= 15 is 0 Å². The van der Waals surface area contributed by atoms with Gasteiger partial charge in [-0.15, -0.1) is 0 Å². The summed E-state index contributed by atoms with van der Waals surface area (Å²) >= 11 is 0. The highest BCUT2D eigenvalue weighted by molar-refractivity contribution is 6.03. The van der Waals surface area contributed by atoms with E-state index in [4.69, 9.17) is 12.6 Å². The lowest BCUT2D eigenvalue weighted by molar-refractivity contribution is -0.132. The number of ketones is 2. The molecule has 1 aromatic heterocycles. The summed E-state index contributed by atoms with van der Waals surface area (Å²) in [7, 11) is 0. The van der Waals surface area contributed by atoms with Crippen LogP contribution >= 0.6 is 0 Å². The van der Waals surface area contributed by atoms with Crippen LogP contribution < -0.4 is 11.3 Å². The fourth-order valence-electron chi connectivity index (χ4n) is 2.36. The Morgan fingerprint density at radius 2 is 2.24 bits per heavy atom. The molecule has 1 saturated carbocycles. The summed E-state index contributed by atoms with van der Waals surface area (Å²) in [5.74, 6) is -2.11. The number of nitrogen functional groups attached to an aromatic ring is 1. The van der Waals surface area contributed by atoms with Gasteiger partial charge in [0.2, 0.25) is 0 Å². The molecule has 1 aliphatic rings. The molecule has 1 aliphatic carbocycles. The molecular weight excluding hydrogens is 270 g/mol. The van der Waals surface area contributed by atoms with E-state index in [0.717, 1.165) is 4.57 Å². The van der Waals surface area contributed by atoms with Gasteiger partial charge < -0.3 is 5.73 Å². The molecule has 6 heteroatoms. The largest absolute Gasteiger partial charge is 0.398 e. The fraction of sp³-hybridized carbons (Fsp3) is 0.333. The van der Waals surface area contributed by atoms with Crippen LogP contribution in [0.25, 0.3) is 10.9 Å². The second-order valence-electron chi connectivity index (χ2n) is 4.72. The Bertz CT molecular complexity index is 1030. The highest BCUT2D eigenvalue weighted by atomic mass is 16.2. The van der Waals surface area contributed by atoms with Gasteiger partial charge in [-0.3, -0.25) is 19.0 Å². The Hall–Kier alpha value is -2.50. The summed E-state index contributed by atoms with van der Waals surface area (Å²) in [5, 5.41) is -0.149. The Kier molecular flexibility index (Phi) is 1.99. The van der Waals surface area contributed by atoms with Gasteiger partial charge in [-0.2, -0.15) is 0 Å². The first-order chi connectivity index (χ1) is 11.9. The maximum absolute atomic E-state index is 13.0. The van der Waals surface area contributed by atoms with Crippen LogP contribution in [-0.2, 0) is 9.59 Å². The second kappa shape index (κ2) is 4.80. The number of hydrogen-bond acceptors (Lipinski definition) is 5. The first-order valence-electron chi connectivity index (χ1n) is 8.75. The van der Waals surface area contributed by atoms with Crippen molar-refractivity contribution in [2.45, 2.75) is 32.1 Å². The van der Waals surface area contributed by atoms with Crippen LogP contribution in [0.3, 0.4) is 0 Å². The fourth-order valence-corrected chi connectivity index (χ4v) is 2.36. The molecule has 6 nitrogen and oxygen atoms in total. The Morgan fingerprint density at radius 1 is 1.48 bits per heavy atom. The smallest absolute Gasteiger partial charge is 0.264 e. The molecule has 1 unspecified atom stereocenters. The van der Waals surface area contributed by atoms with Gasteiger partial charge in [0.25, 0.3) is 5.56 Å². The van der Waals surface area contributed by atoms with Crippen LogP contribution in [0.15, 0.2) is 23.0 Å². The van der Waals surface area contributed by atoms with Gasteiger partial charge in [-0.25, -0.2) is 4.98 Å². The number of Topliss-reactive ketones (excluding diaryl/α,β-unsaturated/α-hetero) is 2. The van der Waals surface area contributed by atoms with E-state index < -0.39 is 42.3 Å². The van der Waals surface area contributed by atoms with E-state index in [0.29, 0.717) is 0 Å². The molecule has 3 rings (SSSR count). The molecule has 2 N–H and O–H groups in total. The highest BCUT2D eigenvalue weighted by Crippen LogP contribution is 2.24. The lowest BCUT2D eigenvalue weighted by Gasteiger charge is -2.24. The first-order valence-corrected chi connectivity index (χ1v) is 6.25. The number of fused-ring (bicyclic) bond motifs is 1. The van der Waals surface area contributed by atoms with Gasteiger partial charge in [0.05, 0.1) is 24.7 Å². The minimum absolute atomic E-state index is 0.0213. The van der Waals surface area contributed by atoms with E-state index in [2.05, 4.69) is 4.98 Å². The topological polar surface area (TPSA) is 95.0 Å². The second-order valence-corrected chi connectivity index (χ2v) is 4.72. The normalized spacial score (nSPS) is 27.5. The number of aromatic nitrogens is 2. The third-order valence-corrected chi connectivity index (χ3v) is 3.32. The number of nitrogens with two attached hydrogens (primary N) is 1. The van der Waals surface area contributed by atoms with Crippen LogP contribution in [0.2, 0.25) is 0 Å². The van der Waals surface area contributed by atoms with Crippen molar-refractivity contribution in [1.82, 2.24) is 9.55 Å². The van der Waals surface area contributed by atoms with Crippen molar-refractivity contribution in [1.29, 1.82) is 0 Å². The van der Waals surface area contributed by atoms with Crippen LogP contribution in [-0.4, -0.2) is 21.1 Å². The average molecular weight is 290 g/mol. The van der Waals surface area contributed by atoms with Crippen molar-refractivity contribution >= 4 is 28.2 Å². The van der Waals surface area contributed by atoms with Gasteiger partial charge in [-0.05, 0) is 25.4 Å². The minimum atomic E-state index is -2.96. The van der Waals surface area contributed by atoms with Crippen molar-refractivity contribution in [3.8, 4) is 0 Å². The third kappa shape index (κ3) is 2.12. The predicted molar refractivity (Wildman–Crippen MR) is 78.1 cm³/mol. The van der Waals surface area contributed by atoms with Crippen LogP contribution in [0, 0.1) is 6.92 Å². The van der Waals surface area contributed by atoms with Gasteiger partial charge in [-0.1, -0.05) is 6.07 Å². The van der Waals surface area contributed by atoms with E-state index in [-0.39, 0.29) is 28.5 Å². The predicted octanol–water partition coefficient (Wildman–Crippen LogP) is 1.15. The summed E-state index contributed by atoms with van der Waals surface area (Å²) < 4.78 is 40.2.